The molecule has 1 N–H and O–H groups in total. The van der Waals surface area contributed by atoms with Crippen LogP contribution in [-0.2, 0) is 4.79 Å². The number of carboxylic acids is 1. The van der Waals surface area contributed by atoms with Gasteiger partial charge in [-0.2, -0.15) is 0 Å². The predicted octanol–water partition coefficient (Wildman–Crippen LogP) is 5.25. The van der Waals surface area contributed by atoms with Crippen molar-refractivity contribution in [1.82, 2.24) is 19.4 Å². The number of fused-ring (bicyclic) bond motifs is 1. The van der Waals surface area contributed by atoms with Gasteiger partial charge in [0, 0.05) is 37.3 Å². The molecule has 1 aliphatic carbocycles. The highest BCUT2D eigenvalue weighted by Crippen LogP contribution is 2.36. The maximum Gasteiger partial charge on any atom is 0.306 e. The molecule has 8 nitrogen and oxygen atoms in total. The molecule has 3 heterocycles. The van der Waals surface area contributed by atoms with Gasteiger partial charge in [0.05, 0.1) is 17.0 Å². The lowest BCUT2D eigenvalue weighted by molar-refractivity contribution is -0.143. The highest BCUT2D eigenvalue weighted by molar-refractivity contribution is 5.94. The molecule has 1 aromatic heterocycles. The number of hydrogen-bond donors (Lipinski definition) is 1. The third-order valence-electron chi connectivity index (χ3n) is 9.53. The van der Waals surface area contributed by atoms with Crippen LogP contribution >= 0.6 is 0 Å². The monoisotopic (exact) mass is 536 g/mol. The van der Waals surface area contributed by atoms with Gasteiger partial charge in [-0.25, -0.2) is 4.98 Å². The first-order valence-electron chi connectivity index (χ1n) is 15.2. The Labute approximate surface area is 231 Å². The van der Waals surface area contributed by atoms with Gasteiger partial charge in [-0.05, 0) is 70.9 Å². The molecule has 3 fully saturated rings. The van der Waals surface area contributed by atoms with Gasteiger partial charge >= 0.3 is 5.97 Å². The van der Waals surface area contributed by atoms with E-state index in [4.69, 9.17) is 0 Å². The zero-order valence-electron chi connectivity index (χ0n) is 23.6. The molecule has 3 atom stereocenters. The molecule has 0 unspecified atom stereocenters. The summed E-state index contributed by atoms with van der Waals surface area (Å²) in [5.74, 6) is -1.65. The fourth-order valence-electron chi connectivity index (χ4n) is 7.43. The predicted molar refractivity (Wildman–Crippen MR) is 152 cm³/mol. The van der Waals surface area contributed by atoms with Crippen molar-refractivity contribution in [2.75, 3.05) is 13.1 Å². The van der Waals surface area contributed by atoms with E-state index in [1.165, 1.54) is 51.4 Å². The zero-order chi connectivity index (χ0) is 27.5. The fraction of sp³-hybridized carbons (Fsp3) is 0.677. The molecule has 2 saturated heterocycles. The van der Waals surface area contributed by atoms with Crippen LogP contribution in [0.25, 0.3) is 11.0 Å². The number of carbonyl (C=O) groups is 2. The van der Waals surface area contributed by atoms with E-state index in [0.717, 1.165) is 18.4 Å². The number of aliphatic carboxylic acids is 1. The number of carbonyl (C=O) groups excluding carboxylic acids is 1. The van der Waals surface area contributed by atoms with Crippen LogP contribution in [0.2, 0.25) is 0 Å². The van der Waals surface area contributed by atoms with E-state index in [1.807, 2.05) is 24.3 Å². The number of benzene rings is 1. The van der Waals surface area contributed by atoms with Crippen LogP contribution in [0.5, 0.6) is 0 Å². The van der Waals surface area contributed by atoms with Gasteiger partial charge in [0.25, 0.3) is 11.5 Å². The molecule has 0 bridgehead atoms. The number of aromatic nitrogens is 2. The molecule has 3 aliphatic rings. The van der Waals surface area contributed by atoms with Crippen LogP contribution in [-0.4, -0.2) is 67.5 Å². The van der Waals surface area contributed by atoms with Crippen LogP contribution in [0.1, 0.15) is 107 Å². The quantitative estimate of drug-likeness (QED) is 0.542. The molecule has 39 heavy (non-hydrogen) atoms. The Morgan fingerprint density at radius 1 is 0.974 bits per heavy atom. The number of hydrogen-bond acceptors (Lipinski definition) is 5. The number of likely N-dealkylation sites (tertiary alicyclic amines) is 2. The molecule has 0 radical (unpaired) electrons. The summed E-state index contributed by atoms with van der Waals surface area (Å²) in [6.45, 7) is 5.13. The molecular weight excluding hydrogens is 492 g/mol. The lowest BCUT2D eigenvalue weighted by Crippen LogP contribution is -2.45. The summed E-state index contributed by atoms with van der Waals surface area (Å²) in [5.41, 5.74) is 1.02. The molecule has 2 aromatic rings. The Bertz CT molecular complexity index is 1230. The first-order valence-corrected chi connectivity index (χ1v) is 15.2. The number of amides is 1. The van der Waals surface area contributed by atoms with E-state index in [0.29, 0.717) is 49.6 Å². The summed E-state index contributed by atoms with van der Waals surface area (Å²) in [6, 6.07) is 9.12. The number of piperidine rings is 1. The first-order chi connectivity index (χ1) is 18.8. The Morgan fingerprint density at radius 3 is 2.33 bits per heavy atom. The second-order valence-corrected chi connectivity index (χ2v) is 12.1. The number of carboxylic acid groups (broad SMARTS) is 1. The molecule has 212 valence electrons. The maximum atomic E-state index is 13.9. The van der Waals surface area contributed by atoms with Crippen molar-refractivity contribution in [3.05, 3.63) is 40.3 Å². The minimum Gasteiger partial charge on any atom is -0.481 e. The van der Waals surface area contributed by atoms with Crippen LogP contribution in [0, 0.1) is 5.92 Å². The number of para-hydroxylation sites is 2. The average molecular weight is 537 g/mol. The molecule has 1 aromatic carbocycles. The van der Waals surface area contributed by atoms with Gasteiger partial charge in [0.1, 0.15) is 0 Å². The van der Waals surface area contributed by atoms with Gasteiger partial charge in [-0.15, -0.1) is 0 Å². The third kappa shape index (κ3) is 5.91. The van der Waals surface area contributed by atoms with Crippen LogP contribution in [0.15, 0.2) is 29.1 Å². The summed E-state index contributed by atoms with van der Waals surface area (Å²) >= 11 is 0. The zero-order valence-corrected chi connectivity index (χ0v) is 23.6. The average Bonchev–Trinajstić information content (AvgIpc) is 3.27. The van der Waals surface area contributed by atoms with E-state index < -0.39 is 11.9 Å². The lowest BCUT2D eigenvalue weighted by Gasteiger charge is -2.38. The largest absolute Gasteiger partial charge is 0.481 e. The van der Waals surface area contributed by atoms with Gasteiger partial charge < -0.3 is 14.6 Å². The Morgan fingerprint density at radius 2 is 1.64 bits per heavy atom. The smallest absolute Gasteiger partial charge is 0.306 e. The van der Waals surface area contributed by atoms with Crippen molar-refractivity contribution in [2.24, 2.45) is 5.92 Å². The molecule has 8 heteroatoms. The van der Waals surface area contributed by atoms with E-state index in [1.54, 1.807) is 9.47 Å². The van der Waals surface area contributed by atoms with Gasteiger partial charge in [0.2, 0.25) is 0 Å². The minimum atomic E-state index is -0.822. The molecule has 0 spiro atoms. The normalized spacial score (nSPS) is 24.9. The molecule has 2 aliphatic heterocycles. The van der Waals surface area contributed by atoms with E-state index in [9.17, 15) is 19.5 Å². The van der Waals surface area contributed by atoms with Gasteiger partial charge in [-0.3, -0.25) is 19.3 Å². The summed E-state index contributed by atoms with van der Waals surface area (Å²) in [7, 11) is 0. The Kier molecular flexibility index (Phi) is 8.70. The van der Waals surface area contributed by atoms with Crippen LogP contribution in [0.4, 0.5) is 0 Å². The van der Waals surface area contributed by atoms with Crippen molar-refractivity contribution in [3.63, 3.8) is 0 Å². The topological polar surface area (TPSA) is 95.7 Å². The molecule has 5 rings (SSSR count). The summed E-state index contributed by atoms with van der Waals surface area (Å²) < 4.78 is 1.80. The van der Waals surface area contributed by atoms with E-state index in [-0.39, 0.29) is 23.2 Å². The van der Waals surface area contributed by atoms with E-state index >= 15 is 0 Å². The van der Waals surface area contributed by atoms with E-state index in [2.05, 4.69) is 23.7 Å². The van der Waals surface area contributed by atoms with Crippen LogP contribution in [0.3, 0.4) is 0 Å². The standard InChI is InChI=1S/C31H44N4O4/c1-21-14-15-25(34(21)24-10-6-4-3-5-7-11-24)20-22(2)35-27-13-9-8-12-26(27)32-28(30(35)37)29(36)33-18-16-23(17-19-33)31(38)39/h8-9,12-13,21-25H,3-7,10-11,14-20H2,1-2H3,(H,38,39)/t21-,22-,25-/m0/s1. The molecule has 1 amide bonds. The lowest BCUT2D eigenvalue weighted by atomic mass is 9.94. The Balaban J connectivity index is 1.41. The highest BCUT2D eigenvalue weighted by Gasteiger charge is 2.37. The molecular formula is C31H44N4O4. The summed E-state index contributed by atoms with van der Waals surface area (Å²) in [6.07, 6.45) is 13.2. The van der Waals surface area contributed by atoms with Crippen molar-refractivity contribution < 1.29 is 14.7 Å². The number of rotatable bonds is 6. The SMILES string of the molecule is C[C@H]1CC[C@@H](C[C@H](C)n2c(=O)c(C(=O)N3CCC(C(=O)O)CC3)nc3ccccc32)N1C1CCCCCCC1. The van der Waals surface area contributed by atoms with Crippen LogP contribution < -0.4 is 5.56 Å². The number of nitrogens with zero attached hydrogens (tertiary/aromatic N) is 4. The third-order valence-corrected chi connectivity index (χ3v) is 9.53. The van der Waals surface area contributed by atoms with Crippen molar-refractivity contribution in [2.45, 2.75) is 115 Å². The molecule has 1 saturated carbocycles. The summed E-state index contributed by atoms with van der Waals surface area (Å²) in [5, 5.41) is 9.33. The van der Waals surface area contributed by atoms with Crippen molar-refractivity contribution in [3.8, 4) is 0 Å². The fourth-order valence-corrected chi connectivity index (χ4v) is 7.43. The van der Waals surface area contributed by atoms with Crippen molar-refractivity contribution >= 4 is 22.9 Å². The maximum absolute atomic E-state index is 13.9. The first kappa shape index (κ1) is 27.8. The Hall–Kier alpha value is -2.74. The van der Waals surface area contributed by atoms with Gasteiger partial charge in [0.15, 0.2) is 5.69 Å². The highest BCUT2D eigenvalue weighted by atomic mass is 16.4. The van der Waals surface area contributed by atoms with Crippen molar-refractivity contribution in [1.29, 1.82) is 0 Å². The second-order valence-electron chi connectivity index (χ2n) is 12.1. The minimum absolute atomic E-state index is 0.0500. The second kappa shape index (κ2) is 12.2. The van der Waals surface area contributed by atoms with Gasteiger partial charge in [-0.1, -0.05) is 44.2 Å². The summed E-state index contributed by atoms with van der Waals surface area (Å²) in [4.78, 5) is 47.7.